The van der Waals surface area contributed by atoms with Gasteiger partial charge in [-0.25, -0.2) is 9.97 Å². The molecule has 6 heteroatoms. The van der Waals surface area contributed by atoms with Gasteiger partial charge < -0.3 is 15.7 Å². The highest BCUT2D eigenvalue weighted by Crippen LogP contribution is 2.23. The topological polar surface area (TPSA) is 92.3 Å². The zero-order valence-electron chi connectivity index (χ0n) is 12.9. The zero-order valence-corrected chi connectivity index (χ0v) is 12.9. The van der Waals surface area contributed by atoms with E-state index < -0.39 is 0 Å². The molecule has 2 rings (SSSR count). The van der Waals surface area contributed by atoms with Crippen molar-refractivity contribution in [2.24, 2.45) is 5.92 Å². The normalized spacial score (nSPS) is 18.0. The maximum absolute atomic E-state index is 12.6. The van der Waals surface area contributed by atoms with E-state index in [1.165, 1.54) is 6.20 Å². The van der Waals surface area contributed by atoms with Crippen molar-refractivity contribution in [1.82, 2.24) is 14.9 Å². The number of anilines is 1. The molecule has 2 heterocycles. The molecule has 116 valence electrons. The van der Waals surface area contributed by atoms with Crippen LogP contribution in [0.2, 0.25) is 0 Å². The first-order valence-corrected chi connectivity index (χ1v) is 7.50. The molecule has 0 bridgehead atoms. The Morgan fingerprint density at radius 1 is 1.38 bits per heavy atom. The summed E-state index contributed by atoms with van der Waals surface area (Å²) >= 11 is 0. The lowest BCUT2D eigenvalue weighted by Crippen LogP contribution is -2.41. The Kier molecular flexibility index (Phi) is 4.77. The number of aliphatic hydroxyl groups excluding tert-OH is 1. The molecule has 1 fully saturated rings. The molecule has 1 aliphatic rings. The number of carbonyl (C=O) groups excluding carboxylic acids is 1. The summed E-state index contributed by atoms with van der Waals surface area (Å²) in [5.41, 5.74) is 6.48. The van der Waals surface area contributed by atoms with Gasteiger partial charge in [0.2, 0.25) is 0 Å². The van der Waals surface area contributed by atoms with Crippen LogP contribution in [-0.2, 0) is 0 Å². The summed E-state index contributed by atoms with van der Waals surface area (Å²) in [7, 11) is 0. The number of nitrogens with two attached hydrogens (primary N) is 1. The Bertz CT molecular complexity index is 508. The lowest BCUT2D eigenvalue weighted by atomic mass is 9.92. The molecule has 1 saturated heterocycles. The maximum atomic E-state index is 12.6. The fraction of sp³-hybridized carbons (Fsp3) is 0.667. The first kappa shape index (κ1) is 15.7. The number of hydrogen-bond acceptors (Lipinski definition) is 5. The molecule has 1 amide bonds. The summed E-state index contributed by atoms with van der Waals surface area (Å²) in [6.45, 7) is 7.03. The second-order valence-corrected chi connectivity index (χ2v) is 6.06. The van der Waals surface area contributed by atoms with Crippen LogP contribution in [0.25, 0.3) is 0 Å². The summed E-state index contributed by atoms with van der Waals surface area (Å²) in [5, 5.41) is 9.62. The molecular formula is C15H24N4O2. The third-order valence-electron chi connectivity index (χ3n) is 4.06. The monoisotopic (exact) mass is 292 g/mol. The maximum Gasteiger partial charge on any atom is 0.274 e. The molecule has 1 unspecified atom stereocenters. The van der Waals surface area contributed by atoms with E-state index in [9.17, 15) is 9.90 Å². The van der Waals surface area contributed by atoms with E-state index in [2.05, 4.69) is 9.97 Å². The van der Waals surface area contributed by atoms with Gasteiger partial charge in [-0.2, -0.15) is 0 Å². The van der Waals surface area contributed by atoms with Crippen molar-refractivity contribution >= 4 is 11.6 Å². The number of piperidine rings is 1. The number of rotatable bonds is 3. The van der Waals surface area contributed by atoms with Crippen LogP contribution in [0.15, 0.2) is 6.20 Å². The molecule has 3 N–H and O–H groups in total. The van der Waals surface area contributed by atoms with E-state index in [-0.39, 0.29) is 23.8 Å². The molecule has 1 aromatic heterocycles. The van der Waals surface area contributed by atoms with Crippen LogP contribution >= 0.6 is 0 Å². The highest BCUT2D eigenvalue weighted by atomic mass is 16.3. The van der Waals surface area contributed by atoms with Gasteiger partial charge in [0, 0.05) is 19.0 Å². The van der Waals surface area contributed by atoms with Crippen molar-refractivity contribution in [3.8, 4) is 0 Å². The first-order valence-electron chi connectivity index (χ1n) is 7.50. The van der Waals surface area contributed by atoms with Gasteiger partial charge in [-0.05, 0) is 25.7 Å². The Morgan fingerprint density at radius 3 is 2.52 bits per heavy atom. The van der Waals surface area contributed by atoms with Crippen molar-refractivity contribution in [2.75, 3.05) is 18.8 Å². The van der Waals surface area contributed by atoms with E-state index in [0.717, 1.165) is 12.8 Å². The van der Waals surface area contributed by atoms with Crippen LogP contribution in [0, 0.1) is 5.92 Å². The van der Waals surface area contributed by atoms with E-state index in [4.69, 9.17) is 5.73 Å². The predicted molar refractivity (Wildman–Crippen MR) is 80.8 cm³/mol. The molecule has 6 nitrogen and oxygen atoms in total. The average Bonchev–Trinajstić information content (AvgIpc) is 2.47. The number of nitrogens with zero attached hydrogens (tertiary/aromatic N) is 3. The number of nitrogen functional groups attached to an aromatic ring is 1. The first-order chi connectivity index (χ1) is 9.90. The van der Waals surface area contributed by atoms with Gasteiger partial charge in [0.15, 0.2) is 5.69 Å². The van der Waals surface area contributed by atoms with Crippen molar-refractivity contribution in [3.63, 3.8) is 0 Å². The number of aromatic nitrogens is 2. The lowest BCUT2D eigenvalue weighted by Gasteiger charge is -2.33. The number of aliphatic hydroxyl groups is 1. The molecule has 0 saturated carbocycles. The van der Waals surface area contributed by atoms with Gasteiger partial charge in [0.25, 0.3) is 5.91 Å². The van der Waals surface area contributed by atoms with Crippen LogP contribution < -0.4 is 5.73 Å². The van der Waals surface area contributed by atoms with Gasteiger partial charge in [0.1, 0.15) is 5.82 Å². The molecular weight excluding hydrogens is 268 g/mol. The number of amides is 1. The van der Waals surface area contributed by atoms with Crippen LogP contribution in [0.4, 0.5) is 5.69 Å². The van der Waals surface area contributed by atoms with Crippen molar-refractivity contribution < 1.29 is 9.90 Å². The smallest absolute Gasteiger partial charge is 0.274 e. The van der Waals surface area contributed by atoms with Crippen LogP contribution in [-0.4, -0.2) is 45.1 Å². The van der Waals surface area contributed by atoms with Gasteiger partial charge >= 0.3 is 0 Å². The van der Waals surface area contributed by atoms with E-state index in [1.54, 1.807) is 11.8 Å². The molecule has 0 spiro atoms. The standard InChI is InChI=1S/C15H24N4O2/c1-9(2)14-17-8-12(16)13(18-14)15(21)19-6-4-11(5-7-19)10(3)20/h8-11,20H,4-7,16H2,1-3H3. The summed E-state index contributed by atoms with van der Waals surface area (Å²) in [6, 6.07) is 0. The fourth-order valence-electron chi connectivity index (χ4n) is 2.59. The Hall–Kier alpha value is -1.69. The Labute approximate surface area is 125 Å². The van der Waals surface area contributed by atoms with Gasteiger partial charge in [-0.15, -0.1) is 0 Å². The molecule has 21 heavy (non-hydrogen) atoms. The summed E-state index contributed by atoms with van der Waals surface area (Å²) in [4.78, 5) is 22.8. The summed E-state index contributed by atoms with van der Waals surface area (Å²) in [6.07, 6.45) is 2.81. The number of hydrogen-bond donors (Lipinski definition) is 2. The van der Waals surface area contributed by atoms with Crippen LogP contribution in [0.5, 0.6) is 0 Å². The minimum absolute atomic E-state index is 0.138. The molecule has 0 radical (unpaired) electrons. The third kappa shape index (κ3) is 3.50. The van der Waals surface area contributed by atoms with Crippen LogP contribution in [0.3, 0.4) is 0 Å². The van der Waals surface area contributed by atoms with Crippen molar-refractivity contribution in [3.05, 3.63) is 17.7 Å². The number of carbonyl (C=O) groups is 1. The molecule has 1 aliphatic heterocycles. The van der Waals surface area contributed by atoms with Gasteiger partial charge in [-0.3, -0.25) is 4.79 Å². The SMILES string of the molecule is CC(C)c1ncc(N)c(C(=O)N2CCC(C(C)O)CC2)n1. The van der Waals surface area contributed by atoms with Crippen molar-refractivity contribution in [1.29, 1.82) is 0 Å². The van der Waals surface area contributed by atoms with Gasteiger partial charge in [0.05, 0.1) is 18.0 Å². The summed E-state index contributed by atoms with van der Waals surface area (Å²) < 4.78 is 0. The second kappa shape index (κ2) is 6.39. The fourth-order valence-corrected chi connectivity index (χ4v) is 2.59. The largest absolute Gasteiger partial charge is 0.396 e. The van der Waals surface area contributed by atoms with E-state index in [1.807, 2.05) is 13.8 Å². The summed E-state index contributed by atoms with van der Waals surface area (Å²) in [5.74, 6) is 0.911. The highest BCUT2D eigenvalue weighted by molar-refractivity contribution is 5.97. The lowest BCUT2D eigenvalue weighted by molar-refractivity contribution is 0.0517. The molecule has 0 aliphatic carbocycles. The molecule has 0 aromatic carbocycles. The molecule has 1 atom stereocenters. The molecule has 1 aromatic rings. The number of likely N-dealkylation sites (tertiary alicyclic amines) is 1. The van der Waals surface area contributed by atoms with Crippen molar-refractivity contribution in [2.45, 2.75) is 45.6 Å². The van der Waals surface area contributed by atoms with E-state index in [0.29, 0.717) is 30.3 Å². The Morgan fingerprint density at radius 2 is 2.00 bits per heavy atom. The third-order valence-corrected chi connectivity index (χ3v) is 4.06. The zero-order chi connectivity index (χ0) is 15.6. The minimum Gasteiger partial charge on any atom is -0.396 e. The second-order valence-electron chi connectivity index (χ2n) is 6.06. The van der Waals surface area contributed by atoms with Gasteiger partial charge in [-0.1, -0.05) is 13.8 Å². The highest BCUT2D eigenvalue weighted by Gasteiger charge is 2.28. The van der Waals surface area contributed by atoms with E-state index >= 15 is 0 Å². The quantitative estimate of drug-likeness (QED) is 0.879. The average molecular weight is 292 g/mol. The minimum atomic E-state index is -0.320. The van der Waals surface area contributed by atoms with Crippen LogP contribution in [0.1, 0.15) is 55.8 Å². The Balaban J connectivity index is 2.12. The predicted octanol–water partition coefficient (Wildman–Crippen LogP) is 1.42.